The maximum atomic E-state index is 11.1. The minimum absolute atomic E-state index is 0.458. The molecule has 0 aromatic carbocycles. The number of methoxy groups -OCH3 is 1. The van der Waals surface area contributed by atoms with Gasteiger partial charge >= 0.3 is 5.97 Å². The minimum Gasteiger partial charge on any atom is -0.547 e. The zero-order chi connectivity index (χ0) is 11.4. The van der Waals surface area contributed by atoms with Crippen molar-refractivity contribution in [3.63, 3.8) is 0 Å². The van der Waals surface area contributed by atoms with Crippen molar-refractivity contribution in [2.45, 2.75) is 26.6 Å². The Morgan fingerprint density at radius 1 is 1.21 bits per heavy atom. The lowest BCUT2D eigenvalue weighted by Gasteiger charge is -2.19. The predicted octanol–water partition coefficient (Wildman–Crippen LogP) is 1.48. The van der Waals surface area contributed by atoms with E-state index in [1.807, 2.05) is 19.6 Å². The molecule has 4 nitrogen and oxygen atoms in total. The molecule has 0 aliphatic carbocycles. The average molecular weight is 216 g/mol. The van der Waals surface area contributed by atoms with Crippen LogP contribution in [0.15, 0.2) is 11.8 Å². The van der Waals surface area contributed by atoms with Gasteiger partial charge in [0.2, 0.25) is 8.32 Å². The number of hydrogen-bond acceptors (Lipinski definition) is 4. The van der Waals surface area contributed by atoms with Gasteiger partial charge in [0.25, 0.3) is 5.78 Å². The lowest BCUT2D eigenvalue weighted by molar-refractivity contribution is -0.149. The van der Waals surface area contributed by atoms with Gasteiger partial charge in [0.15, 0.2) is 0 Å². The van der Waals surface area contributed by atoms with E-state index in [-0.39, 0.29) is 0 Å². The fourth-order valence-electron chi connectivity index (χ4n) is 0.857. The van der Waals surface area contributed by atoms with Crippen molar-refractivity contribution >= 4 is 20.1 Å². The molecule has 0 aromatic rings. The molecule has 0 rings (SSSR count). The highest BCUT2D eigenvalue weighted by atomic mass is 28.4. The molecule has 0 saturated heterocycles. The van der Waals surface area contributed by atoms with Crippen LogP contribution in [0, 0.1) is 0 Å². The van der Waals surface area contributed by atoms with Crippen molar-refractivity contribution in [2.75, 3.05) is 7.11 Å². The van der Waals surface area contributed by atoms with Gasteiger partial charge in [-0.25, -0.2) is 4.79 Å². The van der Waals surface area contributed by atoms with E-state index in [4.69, 9.17) is 4.43 Å². The highest BCUT2D eigenvalue weighted by Crippen LogP contribution is 2.09. The van der Waals surface area contributed by atoms with E-state index in [2.05, 4.69) is 4.74 Å². The lowest BCUT2D eigenvalue weighted by atomic mass is 10.3. The van der Waals surface area contributed by atoms with Crippen LogP contribution in [0.2, 0.25) is 19.6 Å². The first-order valence-electron chi connectivity index (χ1n) is 4.26. The summed E-state index contributed by atoms with van der Waals surface area (Å²) in [6, 6.07) is 0. The molecule has 0 heterocycles. The Labute approximate surface area is 85.0 Å². The van der Waals surface area contributed by atoms with Crippen LogP contribution in [-0.2, 0) is 18.8 Å². The third-order valence-electron chi connectivity index (χ3n) is 1.19. The average Bonchev–Trinajstić information content (AvgIpc) is 1.99. The molecule has 0 aliphatic heterocycles. The van der Waals surface area contributed by atoms with Crippen LogP contribution in [0.25, 0.3) is 0 Å². The van der Waals surface area contributed by atoms with Crippen LogP contribution in [0.4, 0.5) is 0 Å². The molecule has 0 amide bonds. The first kappa shape index (κ1) is 12.9. The Morgan fingerprint density at radius 2 is 1.71 bits per heavy atom. The van der Waals surface area contributed by atoms with E-state index >= 15 is 0 Å². The van der Waals surface area contributed by atoms with Crippen molar-refractivity contribution in [3.8, 4) is 0 Å². The molecule has 0 aliphatic rings. The zero-order valence-corrected chi connectivity index (χ0v) is 10.2. The lowest BCUT2D eigenvalue weighted by Crippen LogP contribution is -2.25. The minimum atomic E-state index is -1.70. The van der Waals surface area contributed by atoms with Gasteiger partial charge in [0, 0.05) is 6.08 Å². The van der Waals surface area contributed by atoms with Gasteiger partial charge in [0.05, 0.1) is 12.9 Å². The van der Waals surface area contributed by atoms with E-state index in [0.29, 0.717) is 5.76 Å². The molecule has 14 heavy (non-hydrogen) atoms. The summed E-state index contributed by atoms with van der Waals surface area (Å²) in [5.74, 6) is -1.11. The summed E-state index contributed by atoms with van der Waals surface area (Å²) in [6.07, 6.45) is 1.16. The smallest absolute Gasteiger partial charge is 0.378 e. The Hall–Kier alpha value is -1.10. The Kier molecular flexibility index (Phi) is 4.56. The van der Waals surface area contributed by atoms with Gasteiger partial charge in [-0.3, -0.25) is 4.79 Å². The second-order valence-electron chi connectivity index (χ2n) is 3.83. The summed E-state index contributed by atoms with van der Waals surface area (Å²) in [7, 11) is -0.535. The summed E-state index contributed by atoms with van der Waals surface area (Å²) >= 11 is 0. The Balaban J connectivity index is 4.38. The van der Waals surface area contributed by atoms with Crippen molar-refractivity contribution < 1.29 is 18.8 Å². The standard InChI is InChI=1S/C9H16O4Si/c1-7(13-14(3,4)5)6-8(10)9(11)12-2/h6H,1-5H3. The molecule has 0 spiro atoms. The molecule has 0 bridgehead atoms. The fraction of sp³-hybridized carbons (Fsp3) is 0.556. The number of hydrogen-bond donors (Lipinski definition) is 0. The summed E-state index contributed by atoms with van der Waals surface area (Å²) in [5.41, 5.74) is 0. The van der Waals surface area contributed by atoms with Crippen molar-refractivity contribution in [2.24, 2.45) is 0 Å². The SMILES string of the molecule is COC(=O)C(=O)C=C(C)O[Si](C)(C)C. The third-order valence-corrected chi connectivity index (χ3v) is 2.12. The number of carbonyl (C=O) groups excluding carboxylic acids is 2. The van der Waals surface area contributed by atoms with Gasteiger partial charge in [-0.2, -0.15) is 0 Å². The molecule has 0 atom stereocenters. The predicted molar refractivity (Wildman–Crippen MR) is 55.2 cm³/mol. The van der Waals surface area contributed by atoms with Gasteiger partial charge in [0.1, 0.15) is 0 Å². The van der Waals surface area contributed by atoms with Gasteiger partial charge in [-0.15, -0.1) is 0 Å². The third kappa shape index (κ3) is 5.53. The molecule has 80 valence electrons. The molecule has 0 saturated carbocycles. The Morgan fingerprint density at radius 3 is 2.07 bits per heavy atom. The van der Waals surface area contributed by atoms with Crippen molar-refractivity contribution in [3.05, 3.63) is 11.8 Å². The number of rotatable bonds is 4. The normalized spacial score (nSPS) is 12.2. The topological polar surface area (TPSA) is 52.6 Å². The molecule has 0 aromatic heterocycles. The van der Waals surface area contributed by atoms with Crippen LogP contribution in [0.5, 0.6) is 0 Å². The molecular weight excluding hydrogens is 200 g/mol. The summed E-state index contributed by atoms with van der Waals surface area (Å²) in [6.45, 7) is 7.63. The van der Waals surface area contributed by atoms with E-state index in [1.165, 1.54) is 7.11 Å². The maximum Gasteiger partial charge on any atom is 0.378 e. The highest BCUT2D eigenvalue weighted by Gasteiger charge is 2.17. The number of ketones is 1. The first-order valence-corrected chi connectivity index (χ1v) is 7.66. The second-order valence-corrected chi connectivity index (χ2v) is 8.25. The van der Waals surface area contributed by atoms with E-state index < -0.39 is 20.1 Å². The van der Waals surface area contributed by atoms with Gasteiger partial charge < -0.3 is 9.16 Å². The van der Waals surface area contributed by atoms with E-state index in [1.54, 1.807) is 6.92 Å². The molecule has 0 unspecified atom stereocenters. The second kappa shape index (κ2) is 4.95. The molecular formula is C9H16O4Si. The van der Waals surface area contributed by atoms with Gasteiger partial charge in [-0.1, -0.05) is 0 Å². The summed E-state index contributed by atoms with van der Waals surface area (Å²) < 4.78 is 9.74. The molecule has 0 fully saturated rings. The number of carbonyl (C=O) groups is 2. The van der Waals surface area contributed by atoms with Crippen LogP contribution >= 0.6 is 0 Å². The van der Waals surface area contributed by atoms with Crippen LogP contribution in [-0.4, -0.2) is 27.2 Å². The maximum absolute atomic E-state index is 11.1. The summed E-state index contributed by atoms with van der Waals surface area (Å²) in [4.78, 5) is 21.8. The van der Waals surface area contributed by atoms with Crippen molar-refractivity contribution in [1.82, 2.24) is 0 Å². The van der Waals surface area contributed by atoms with Gasteiger partial charge in [-0.05, 0) is 26.6 Å². The van der Waals surface area contributed by atoms with E-state index in [9.17, 15) is 9.59 Å². The molecule has 0 N–H and O–H groups in total. The van der Waals surface area contributed by atoms with Crippen LogP contribution < -0.4 is 0 Å². The molecule has 0 radical (unpaired) electrons. The Bertz CT molecular complexity index is 262. The summed E-state index contributed by atoms with van der Waals surface area (Å²) in [5, 5.41) is 0. The highest BCUT2D eigenvalue weighted by molar-refractivity contribution is 6.70. The number of ether oxygens (including phenoxy) is 1. The number of allylic oxidation sites excluding steroid dienone is 1. The van der Waals surface area contributed by atoms with Crippen LogP contribution in [0.1, 0.15) is 6.92 Å². The quantitative estimate of drug-likeness (QED) is 0.235. The zero-order valence-electron chi connectivity index (χ0n) is 9.21. The monoisotopic (exact) mass is 216 g/mol. The largest absolute Gasteiger partial charge is 0.547 e. The number of esters is 1. The van der Waals surface area contributed by atoms with E-state index in [0.717, 1.165) is 6.08 Å². The fourth-order valence-corrected chi connectivity index (χ4v) is 1.88. The first-order chi connectivity index (χ1) is 6.26. The molecule has 5 heteroatoms. The van der Waals surface area contributed by atoms with Crippen molar-refractivity contribution in [1.29, 1.82) is 0 Å². The van der Waals surface area contributed by atoms with Crippen LogP contribution in [0.3, 0.4) is 0 Å².